The van der Waals surface area contributed by atoms with Crippen molar-refractivity contribution in [2.75, 3.05) is 5.88 Å². The summed E-state index contributed by atoms with van der Waals surface area (Å²) in [6.07, 6.45) is 3.87. The van der Waals surface area contributed by atoms with E-state index in [1.165, 1.54) is 18.2 Å². The van der Waals surface area contributed by atoms with Gasteiger partial charge in [-0.15, -0.1) is 11.6 Å². The molecule has 110 valence electrons. The molecular weight excluding hydrogens is 300 g/mol. The summed E-state index contributed by atoms with van der Waals surface area (Å²) in [5, 5.41) is 2.83. The zero-order valence-electron chi connectivity index (χ0n) is 11.4. The van der Waals surface area contributed by atoms with Gasteiger partial charge in [-0.1, -0.05) is 37.4 Å². The molecule has 2 nitrogen and oxygen atoms in total. The lowest BCUT2D eigenvalue weighted by Crippen LogP contribution is -2.52. The van der Waals surface area contributed by atoms with Gasteiger partial charge in [-0.2, -0.15) is 0 Å². The van der Waals surface area contributed by atoms with Gasteiger partial charge >= 0.3 is 0 Å². The molecular formula is C15H18Cl2FNO. The lowest BCUT2D eigenvalue weighted by Gasteiger charge is -2.39. The Morgan fingerprint density at radius 3 is 2.95 bits per heavy atom. The van der Waals surface area contributed by atoms with E-state index >= 15 is 0 Å². The molecule has 2 atom stereocenters. The second kappa shape index (κ2) is 6.31. The van der Waals surface area contributed by atoms with Crippen LogP contribution in [0, 0.1) is 11.7 Å². The van der Waals surface area contributed by atoms with Crippen molar-refractivity contribution in [3.05, 3.63) is 34.6 Å². The van der Waals surface area contributed by atoms with Crippen molar-refractivity contribution in [2.24, 2.45) is 5.92 Å². The van der Waals surface area contributed by atoms with Crippen LogP contribution in [0.2, 0.25) is 5.02 Å². The van der Waals surface area contributed by atoms with E-state index in [4.69, 9.17) is 23.2 Å². The second-order valence-corrected chi connectivity index (χ2v) is 6.32. The summed E-state index contributed by atoms with van der Waals surface area (Å²) in [5.74, 6) is -0.0676. The highest BCUT2D eigenvalue weighted by Gasteiger charge is 2.36. The Balaban J connectivity index is 2.19. The summed E-state index contributed by atoms with van der Waals surface area (Å²) in [6.45, 7) is 2.15. The molecule has 1 aliphatic rings. The number of halogens is 3. The molecule has 1 amide bonds. The van der Waals surface area contributed by atoms with Crippen LogP contribution >= 0.6 is 23.2 Å². The van der Waals surface area contributed by atoms with Crippen LogP contribution in [0.4, 0.5) is 4.39 Å². The predicted octanol–water partition coefficient (Wildman–Crippen LogP) is 4.40. The SMILES string of the molecule is CC1CCCC(CCl)(NC(=O)c2cccc(F)c2Cl)C1. The molecule has 0 spiro atoms. The average Bonchev–Trinajstić information content (AvgIpc) is 2.41. The van der Waals surface area contributed by atoms with Crippen LogP contribution in [-0.4, -0.2) is 17.3 Å². The van der Waals surface area contributed by atoms with Crippen molar-refractivity contribution < 1.29 is 9.18 Å². The molecule has 0 aliphatic heterocycles. The molecule has 2 rings (SSSR count). The average molecular weight is 318 g/mol. The predicted molar refractivity (Wildman–Crippen MR) is 80.0 cm³/mol. The van der Waals surface area contributed by atoms with E-state index in [2.05, 4.69) is 12.2 Å². The van der Waals surface area contributed by atoms with Crippen LogP contribution in [0.1, 0.15) is 43.0 Å². The quantitative estimate of drug-likeness (QED) is 0.823. The molecule has 1 N–H and O–H groups in total. The molecule has 2 unspecified atom stereocenters. The molecule has 0 saturated heterocycles. The van der Waals surface area contributed by atoms with Crippen molar-refractivity contribution in [1.82, 2.24) is 5.32 Å². The molecule has 1 aliphatic carbocycles. The van der Waals surface area contributed by atoms with Gasteiger partial charge in [0.15, 0.2) is 0 Å². The molecule has 0 heterocycles. The monoisotopic (exact) mass is 317 g/mol. The molecule has 1 aromatic carbocycles. The molecule has 5 heteroatoms. The zero-order chi connectivity index (χ0) is 14.8. The first kappa shape index (κ1) is 15.6. The third-order valence-corrected chi connectivity index (χ3v) is 4.82. The van der Waals surface area contributed by atoms with Crippen LogP contribution < -0.4 is 5.32 Å². The van der Waals surface area contributed by atoms with Gasteiger partial charge in [-0.25, -0.2) is 4.39 Å². The molecule has 20 heavy (non-hydrogen) atoms. The summed E-state index contributed by atoms with van der Waals surface area (Å²) in [7, 11) is 0. The van der Waals surface area contributed by atoms with Crippen molar-refractivity contribution in [1.29, 1.82) is 0 Å². The Kier molecular flexibility index (Phi) is 4.92. The van der Waals surface area contributed by atoms with Gasteiger partial charge in [0.25, 0.3) is 5.91 Å². The number of carbonyl (C=O) groups is 1. The zero-order valence-corrected chi connectivity index (χ0v) is 12.9. The molecule has 1 aromatic rings. The number of carbonyl (C=O) groups excluding carboxylic acids is 1. The summed E-state index contributed by atoms with van der Waals surface area (Å²) in [4.78, 5) is 12.3. The first-order chi connectivity index (χ1) is 9.47. The van der Waals surface area contributed by atoms with E-state index in [0.717, 1.165) is 25.7 Å². The topological polar surface area (TPSA) is 29.1 Å². The van der Waals surface area contributed by atoms with E-state index in [0.29, 0.717) is 11.8 Å². The minimum atomic E-state index is -0.587. The number of hydrogen-bond donors (Lipinski definition) is 1. The smallest absolute Gasteiger partial charge is 0.253 e. The van der Waals surface area contributed by atoms with Gasteiger partial charge in [0, 0.05) is 5.88 Å². The number of nitrogens with one attached hydrogen (secondary N) is 1. The van der Waals surface area contributed by atoms with Crippen LogP contribution in [0.5, 0.6) is 0 Å². The molecule has 0 radical (unpaired) electrons. The minimum Gasteiger partial charge on any atom is -0.345 e. The van der Waals surface area contributed by atoms with Gasteiger partial charge in [0.2, 0.25) is 0 Å². The fourth-order valence-corrected chi connectivity index (χ4v) is 3.44. The number of benzene rings is 1. The fraction of sp³-hybridized carbons (Fsp3) is 0.533. The Morgan fingerprint density at radius 2 is 2.30 bits per heavy atom. The standard InChI is InChI=1S/C15H18Cl2FNO/c1-10-4-3-7-15(8-10,9-16)19-14(20)11-5-2-6-12(18)13(11)17/h2,5-6,10H,3-4,7-9H2,1H3,(H,19,20). The van der Waals surface area contributed by atoms with Gasteiger partial charge < -0.3 is 5.32 Å². The number of hydrogen-bond acceptors (Lipinski definition) is 1. The molecule has 1 fully saturated rings. The molecule has 0 bridgehead atoms. The van der Waals surface area contributed by atoms with E-state index in [1.807, 2.05) is 0 Å². The summed E-state index contributed by atoms with van der Waals surface area (Å²) >= 11 is 11.9. The van der Waals surface area contributed by atoms with E-state index in [-0.39, 0.29) is 16.5 Å². The summed E-state index contributed by atoms with van der Waals surface area (Å²) < 4.78 is 13.4. The number of rotatable bonds is 3. The highest BCUT2D eigenvalue weighted by Crippen LogP contribution is 2.33. The second-order valence-electron chi connectivity index (χ2n) is 5.67. The number of amides is 1. The maximum Gasteiger partial charge on any atom is 0.253 e. The first-order valence-corrected chi connectivity index (χ1v) is 7.71. The Bertz CT molecular complexity index is 509. The summed E-state index contributed by atoms with van der Waals surface area (Å²) in [6, 6.07) is 4.24. The fourth-order valence-electron chi connectivity index (χ4n) is 2.92. The van der Waals surface area contributed by atoms with Crippen LogP contribution in [-0.2, 0) is 0 Å². The Labute approximate surface area is 128 Å². The third-order valence-electron chi connectivity index (χ3n) is 3.92. The van der Waals surface area contributed by atoms with Gasteiger partial charge in [0.1, 0.15) is 5.82 Å². The Morgan fingerprint density at radius 1 is 1.55 bits per heavy atom. The largest absolute Gasteiger partial charge is 0.345 e. The normalized spacial score (nSPS) is 26.3. The van der Waals surface area contributed by atoms with Gasteiger partial charge in [-0.3, -0.25) is 4.79 Å². The minimum absolute atomic E-state index is 0.140. The van der Waals surface area contributed by atoms with Gasteiger partial charge in [0.05, 0.1) is 16.1 Å². The Hall–Kier alpha value is -0.800. The maximum atomic E-state index is 13.4. The highest BCUT2D eigenvalue weighted by molar-refractivity contribution is 6.34. The van der Waals surface area contributed by atoms with Crippen molar-refractivity contribution >= 4 is 29.1 Å². The van der Waals surface area contributed by atoms with E-state index in [1.54, 1.807) is 0 Å². The van der Waals surface area contributed by atoms with Crippen LogP contribution in [0.3, 0.4) is 0 Å². The lowest BCUT2D eigenvalue weighted by molar-refractivity contribution is 0.0867. The lowest BCUT2D eigenvalue weighted by atomic mass is 9.77. The van der Waals surface area contributed by atoms with Crippen LogP contribution in [0.15, 0.2) is 18.2 Å². The first-order valence-electron chi connectivity index (χ1n) is 6.80. The summed E-state index contributed by atoms with van der Waals surface area (Å²) in [5.41, 5.74) is -0.249. The van der Waals surface area contributed by atoms with E-state index < -0.39 is 11.4 Å². The molecule has 1 saturated carbocycles. The third kappa shape index (κ3) is 3.26. The van der Waals surface area contributed by atoms with Gasteiger partial charge in [-0.05, 0) is 30.9 Å². The van der Waals surface area contributed by atoms with E-state index in [9.17, 15) is 9.18 Å². The maximum absolute atomic E-state index is 13.4. The number of alkyl halides is 1. The molecule has 0 aromatic heterocycles. The highest BCUT2D eigenvalue weighted by atomic mass is 35.5. The van der Waals surface area contributed by atoms with Crippen molar-refractivity contribution in [3.63, 3.8) is 0 Å². The van der Waals surface area contributed by atoms with Crippen molar-refractivity contribution in [3.8, 4) is 0 Å². The van der Waals surface area contributed by atoms with Crippen LogP contribution in [0.25, 0.3) is 0 Å². The van der Waals surface area contributed by atoms with Crippen molar-refractivity contribution in [2.45, 2.75) is 38.1 Å².